The topological polar surface area (TPSA) is 21.3 Å². The summed E-state index contributed by atoms with van der Waals surface area (Å²) in [5.41, 5.74) is 0.387. The van der Waals surface area contributed by atoms with Gasteiger partial charge in [0, 0.05) is 19.2 Å². The van der Waals surface area contributed by atoms with Crippen LogP contribution in [0.15, 0.2) is 0 Å². The molecule has 2 nitrogen and oxygen atoms in total. The molecule has 78 valence electrons. The molecule has 1 rings (SSSR count). The minimum Gasteiger partial charge on any atom is -0.381 e. The molecule has 1 heterocycles. The molecule has 0 aliphatic carbocycles. The van der Waals surface area contributed by atoms with E-state index in [4.69, 9.17) is 4.74 Å². The number of hydrogen-bond donors (Lipinski definition) is 1. The summed E-state index contributed by atoms with van der Waals surface area (Å²) in [5.74, 6) is 0.663. The lowest BCUT2D eigenvalue weighted by molar-refractivity contribution is 0.0368. The Morgan fingerprint density at radius 3 is 2.62 bits per heavy atom. The molecule has 2 heteroatoms. The Labute approximate surface area is 82.0 Å². The molecule has 0 radical (unpaired) electrons. The fourth-order valence-corrected chi connectivity index (χ4v) is 1.62. The highest BCUT2D eigenvalue weighted by molar-refractivity contribution is 4.78. The van der Waals surface area contributed by atoms with Gasteiger partial charge in [0.1, 0.15) is 0 Å². The van der Waals surface area contributed by atoms with E-state index in [0.29, 0.717) is 17.4 Å². The summed E-state index contributed by atoms with van der Waals surface area (Å²) >= 11 is 0. The lowest BCUT2D eigenvalue weighted by Gasteiger charge is -2.32. The number of rotatable bonds is 2. The number of ether oxygens (including phenoxy) is 1. The van der Waals surface area contributed by atoms with Crippen LogP contribution in [-0.2, 0) is 4.74 Å². The Kier molecular flexibility index (Phi) is 3.74. The van der Waals surface area contributed by atoms with E-state index in [1.807, 2.05) is 0 Å². The van der Waals surface area contributed by atoms with Crippen molar-refractivity contribution in [2.45, 2.75) is 40.2 Å². The summed E-state index contributed by atoms with van der Waals surface area (Å²) in [5, 5.41) is 3.63. The first kappa shape index (κ1) is 11.0. The van der Waals surface area contributed by atoms with Crippen LogP contribution >= 0.6 is 0 Å². The number of hydrogen-bond acceptors (Lipinski definition) is 2. The van der Waals surface area contributed by atoms with Crippen LogP contribution in [0.3, 0.4) is 0 Å². The SMILES string of the molecule is CC1COCCC1NCC(C)(C)C. The van der Waals surface area contributed by atoms with Crippen LogP contribution < -0.4 is 5.32 Å². The molecule has 1 N–H and O–H groups in total. The summed E-state index contributed by atoms with van der Waals surface area (Å²) in [6, 6.07) is 0.660. The summed E-state index contributed by atoms with van der Waals surface area (Å²) in [6.07, 6.45) is 1.16. The maximum Gasteiger partial charge on any atom is 0.0506 e. The van der Waals surface area contributed by atoms with E-state index in [2.05, 4.69) is 33.0 Å². The van der Waals surface area contributed by atoms with E-state index in [1.54, 1.807) is 0 Å². The molecule has 1 fully saturated rings. The van der Waals surface area contributed by atoms with E-state index in [9.17, 15) is 0 Å². The summed E-state index contributed by atoms with van der Waals surface area (Å²) in [4.78, 5) is 0. The van der Waals surface area contributed by atoms with Crippen LogP contribution in [0, 0.1) is 11.3 Å². The molecule has 0 bridgehead atoms. The zero-order valence-electron chi connectivity index (χ0n) is 9.39. The van der Waals surface area contributed by atoms with Gasteiger partial charge in [-0.05, 0) is 17.8 Å². The van der Waals surface area contributed by atoms with E-state index in [1.165, 1.54) is 0 Å². The maximum absolute atomic E-state index is 5.40. The standard InChI is InChI=1S/C11H23NO/c1-9-7-13-6-5-10(9)12-8-11(2,3)4/h9-10,12H,5-8H2,1-4H3. The van der Waals surface area contributed by atoms with E-state index in [-0.39, 0.29) is 0 Å². The van der Waals surface area contributed by atoms with Crippen molar-refractivity contribution in [3.63, 3.8) is 0 Å². The predicted molar refractivity (Wildman–Crippen MR) is 55.8 cm³/mol. The van der Waals surface area contributed by atoms with E-state index >= 15 is 0 Å². The van der Waals surface area contributed by atoms with Crippen molar-refractivity contribution >= 4 is 0 Å². The van der Waals surface area contributed by atoms with Gasteiger partial charge >= 0.3 is 0 Å². The fourth-order valence-electron chi connectivity index (χ4n) is 1.62. The van der Waals surface area contributed by atoms with Crippen LogP contribution in [0.1, 0.15) is 34.1 Å². The molecule has 0 aromatic carbocycles. The quantitative estimate of drug-likeness (QED) is 0.711. The first-order valence-electron chi connectivity index (χ1n) is 5.30. The largest absolute Gasteiger partial charge is 0.381 e. The van der Waals surface area contributed by atoms with E-state index in [0.717, 1.165) is 26.2 Å². The van der Waals surface area contributed by atoms with E-state index < -0.39 is 0 Å². The summed E-state index contributed by atoms with van der Waals surface area (Å²) < 4.78 is 5.40. The highest BCUT2D eigenvalue weighted by Crippen LogP contribution is 2.16. The minimum absolute atomic E-state index is 0.387. The molecule has 0 aromatic heterocycles. The molecule has 2 unspecified atom stereocenters. The van der Waals surface area contributed by atoms with Gasteiger partial charge in [0.15, 0.2) is 0 Å². The lowest BCUT2D eigenvalue weighted by Crippen LogP contribution is -2.44. The second kappa shape index (κ2) is 4.43. The molecule has 0 saturated carbocycles. The first-order chi connectivity index (χ1) is 5.99. The van der Waals surface area contributed by atoms with Crippen molar-refractivity contribution in [2.75, 3.05) is 19.8 Å². The second-order valence-electron chi connectivity index (χ2n) is 5.39. The maximum atomic E-state index is 5.40. The first-order valence-corrected chi connectivity index (χ1v) is 5.30. The zero-order valence-corrected chi connectivity index (χ0v) is 9.39. The monoisotopic (exact) mass is 185 g/mol. The smallest absolute Gasteiger partial charge is 0.0506 e. The normalized spacial score (nSPS) is 30.5. The Balaban J connectivity index is 2.27. The zero-order chi connectivity index (χ0) is 9.90. The predicted octanol–water partition coefficient (Wildman–Crippen LogP) is 2.05. The number of nitrogens with one attached hydrogen (secondary N) is 1. The van der Waals surface area contributed by atoms with Crippen LogP contribution in [0.2, 0.25) is 0 Å². The Bertz CT molecular complexity index is 151. The van der Waals surface area contributed by atoms with Crippen molar-refractivity contribution < 1.29 is 4.74 Å². The van der Waals surface area contributed by atoms with Gasteiger partial charge in [0.05, 0.1) is 6.61 Å². The summed E-state index contributed by atoms with van der Waals surface area (Å²) in [7, 11) is 0. The molecule has 13 heavy (non-hydrogen) atoms. The molecule has 2 atom stereocenters. The third-order valence-electron chi connectivity index (χ3n) is 2.54. The van der Waals surface area contributed by atoms with Crippen molar-refractivity contribution in [1.29, 1.82) is 0 Å². The average Bonchev–Trinajstić information content (AvgIpc) is 2.01. The molecule has 1 aliphatic rings. The average molecular weight is 185 g/mol. The molecule has 1 aliphatic heterocycles. The van der Waals surface area contributed by atoms with Crippen molar-refractivity contribution in [3.8, 4) is 0 Å². The van der Waals surface area contributed by atoms with Gasteiger partial charge in [-0.1, -0.05) is 27.7 Å². The summed E-state index contributed by atoms with van der Waals surface area (Å²) in [6.45, 7) is 12.0. The van der Waals surface area contributed by atoms with Crippen molar-refractivity contribution in [1.82, 2.24) is 5.32 Å². The van der Waals surface area contributed by atoms with Gasteiger partial charge in [0.25, 0.3) is 0 Å². The molecule has 1 saturated heterocycles. The van der Waals surface area contributed by atoms with Gasteiger partial charge in [-0.15, -0.1) is 0 Å². The van der Waals surface area contributed by atoms with Crippen molar-refractivity contribution in [2.24, 2.45) is 11.3 Å². The van der Waals surface area contributed by atoms with Gasteiger partial charge < -0.3 is 10.1 Å². The Morgan fingerprint density at radius 2 is 2.08 bits per heavy atom. The molecule has 0 aromatic rings. The van der Waals surface area contributed by atoms with Crippen molar-refractivity contribution in [3.05, 3.63) is 0 Å². The van der Waals surface area contributed by atoms with Crippen LogP contribution in [0.5, 0.6) is 0 Å². The Morgan fingerprint density at radius 1 is 1.38 bits per heavy atom. The van der Waals surface area contributed by atoms with Gasteiger partial charge in [-0.25, -0.2) is 0 Å². The van der Waals surface area contributed by atoms with Crippen LogP contribution in [0.25, 0.3) is 0 Å². The van der Waals surface area contributed by atoms with Gasteiger partial charge in [0.2, 0.25) is 0 Å². The highest BCUT2D eigenvalue weighted by Gasteiger charge is 2.22. The van der Waals surface area contributed by atoms with Gasteiger partial charge in [-0.2, -0.15) is 0 Å². The second-order valence-corrected chi connectivity index (χ2v) is 5.39. The van der Waals surface area contributed by atoms with Crippen LogP contribution in [0.4, 0.5) is 0 Å². The lowest BCUT2D eigenvalue weighted by atomic mass is 9.93. The minimum atomic E-state index is 0.387. The molecule has 0 amide bonds. The fraction of sp³-hybridized carbons (Fsp3) is 1.00. The third kappa shape index (κ3) is 4.10. The highest BCUT2D eigenvalue weighted by atomic mass is 16.5. The van der Waals surface area contributed by atoms with Crippen LogP contribution in [-0.4, -0.2) is 25.8 Å². The molecule has 0 spiro atoms. The van der Waals surface area contributed by atoms with Gasteiger partial charge in [-0.3, -0.25) is 0 Å². The third-order valence-corrected chi connectivity index (χ3v) is 2.54. The molecular formula is C11H23NO. The molecular weight excluding hydrogens is 162 g/mol. The Hall–Kier alpha value is -0.0800.